The SMILES string of the molecule is CCCCC(=O)OC1CCC(C(=O)Oc2ccc([N+](=O)[O-])cc2)CC1. The van der Waals surface area contributed by atoms with Gasteiger partial charge in [-0.3, -0.25) is 19.7 Å². The zero-order valence-corrected chi connectivity index (χ0v) is 14.3. The highest BCUT2D eigenvalue weighted by molar-refractivity contribution is 5.75. The van der Waals surface area contributed by atoms with E-state index in [2.05, 4.69) is 0 Å². The van der Waals surface area contributed by atoms with Crippen LogP contribution in [0.25, 0.3) is 0 Å². The Kier molecular flexibility index (Phi) is 6.91. The third-order valence-electron chi connectivity index (χ3n) is 4.31. The second kappa shape index (κ2) is 9.15. The Hall–Kier alpha value is -2.44. The van der Waals surface area contributed by atoms with Gasteiger partial charge in [-0.25, -0.2) is 0 Å². The summed E-state index contributed by atoms with van der Waals surface area (Å²) in [6.45, 7) is 2.02. The number of non-ortho nitro benzene ring substituents is 1. The highest BCUT2D eigenvalue weighted by Gasteiger charge is 2.29. The Morgan fingerprint density at radius 3 is 2.36 bits per heavy atom. The summed E-state index contributed by atoms with van der Waals surface area (Å²) in [7, 11) is 0. The second-order valence-corrected chi connectivity index (χ2v) is 6.24. The Labute approximate surface area is 146 Å². The average molecular weight is 349 g/mol. The van der Waals surface area contributed by atoms with Crippen LogP contribution < -0.4 is 4.74 Å². The van der Waals surface area contributed by atoms with E-state index in [9.17, 15) is 19.7 Å². The summed E-state index contributed by atoms with van der Waals surface area (Å²) in [5.74, 6) is -0.451. The van der Waals surface area contributed by atoms with Crippen LogP contribution in [-0.4, -0.2) is 23.0 Å². The topological polar surface area (TPSA) is 95.7 Å². The second-order valence-electron chi connectivity index (χ2n) is 6.24. The highest BCUT2D eigenvalue weighted by atomic mass is 16.6. The standard InChI is InChI=1S/C18H23NO6/c1-2-3-4-17(20)24-15-9-5-13(6-10-15)18(21)25-16-11-7-14(8-12-16)19(22)23/h7-8,11-13,15H,2-6,9-10H2,1H3. The van der Waals surface area contributed by atoms with Gasteiger partial charge in [0.1, 0.15) is 11.9 Å². The number of ether oxygens (including phenoxy) is 2. The predicted molar refractivity (Wildman–Crippen MR) is 90.1 cm³/mol. The Balaban J connectivity index is 1.77. The summed E-state index contributed by atoms with van der Waals surface area (Å²) in [5, 5.41) is 10.6. The normalized spacial score (nSPS) is 19.9. The van der Waals surface area contributed by atoms with Gasteiger partial charge in [-0.1, -0.05) is 13.3 Å². The molecule has 0 bridgehead atoms. The Morgan fingerprint density at radius 1 is 1.16 bits per heavy atom. The molecule has 136 valence electrons. The lowest BCUT2D eigenvalue weighted by atomic mass is 9.87. The van der Waals surface area contributed by atoms with Gasteiger partial charge >= 0.3 is 11.9 Å². The van der Waals surface area contributed by atoms with Crippen LogP contribution in [0.4, 0.5) is 5.69 Å². The lowest BCUT2D eigenvalue weighted by Crippen LogP contribution is -2.30. The van der Waals surface area contributed by atoms with E-state index in [1.807, 2.05) is 6.92 Å². The third-order valence-corrected chi connectivity index (χ3v) is 4.31. The van der Waals surface area contributed by atoms with Crippen LogP contribution in [0.5, 0.6) is 5.75 Å². The minimum Gasteiger partial charge on any atom is -0.462 e. The van der Waals surface area contributed by atoms with Crippen LogP contribution in [0.3, 0.4) is 0 Å². The van der Waals surface area contributed by atoms with Gasteiger partial charge in [0, 0.05) is 18.6 Å². The molecule has 7 heteroatoms. The maximum Gasteiger partial charge on any atom is 0.314 e. The molecular weight excluding hydrogens is 326 g/mol. The molecule has 2 rings (SSSR count). The number of nitro benzene ring substituents is 1. The number of carbonyl (C=O) groups is 2. The average Bonchev–Trinajstić information content (AvgIpc) is 2.61. The van der Waals surface area contributed by atoms with Crippen molar-refractivity contribution in [3.63, 3.8) is 0 Å². The van der Waals surface area contributed by atoms with E-state index in [4.69, 9.17) is 9.47 Å². The first-order valence-electron chi connectivity index (χ1n) is 8.65. The summed E-state index contributed by atoms with van der Waals surface area (Å²) in [6.07, 6.45) is 4.63. The van der Waals surface area contributed by atoms with Gasteiger partial charge in [-0.15, -0.1) is 0 Å². The molecule has 1 fully saturated rings. The highest BCUT2D eigenvalue weighted by Crippen LogP contribution is 2.28. The molecule has 1 aromatic carbocycles. The van der Waals surface area contributed by atoms with Crippen LogP contribution >= 0.6 is 0 Å². The third kappa shape index (κ3) is 5.85. The number of benzene rings is 1. The van der Waals surface area contributed by atoms with Gasteiger partial charge in [0.05, 0.1) is 10.8 Å². The van der Waals surface area contributed by atoms with Crippen molar-refractivity contribution in [3.8, 4) is 5.75 Å². The number of carbonyl (C=O) groups excluding carboxylic acids is 2. The monoisotopic (exact) mass is 349 g/mol. The molecule has 25 heavy (non-hydrogen) atoms. The molecule has 0 spiro atoms. The zero-order valence-electron chi connectivity index (χ0n) is 14.3. The van der Waals surface area contributed by atoms with E-state index in [-0.39, 0.29) is 29.6 Å². The number of unbranched alkanes of at least 4 members (excludes halogenated alkanes) is 1. The van der Waals surface area contributed by atoms with Crippen molar-refractivity contribution in [2.75, 3.05) is 0 Å². The van der Waals surface area contributed by atoms with Gasteiger partial charge in [0.15, 0.2) is 0 Å². The number of rotatable bonds is 7. The molecule has 0 atom stereocenters. The summed E-state index contributed by atoms with van der Waals surface area (Å²) in [6, 6.07) is 5.43. The Morgan fingerprint density at radius 2 is 1.80 bits per heavy atom. The van der Waals surface area contributed by atoms with Crippen molar-refractivity contribution >= 4 is 17.6 Å². The molecule has 0 amide bonds. The molecule has 0 aliphatic heterocycles. The number of nitrogens with zero attached hydrogens (tertiary/aromatic N) is 1. The smallest absolute Gasteiger partial charge is 0.314 e. The minimum atomic E-state index is -0.505. The Bertz CT molecular complexity index is 604. The summed E-state index contributed by atoms with van der Waals surface area (Å²) >= 11 is 0. The molecule has 0 heterocycles. The van der Waals surface area contributed by atoms with Crippen molar-refractivity contribution in [3.05, 3.63) is 34.4 Å². The molecule has 0 radical (unpaired) electrons. The molecule has 0 aromatic heterocycles. The first-order chi connectivity index (χ1) is 12.0. The molecule has 0 unspecified atom stereocenters. The zero-order chi connectivity index (χ0) is 18.2. The van der Waals surface area contributed by atoms with E-state index in [1.54, 1.807) is 0 Å². The van der Waals surface area contributed by atoms with E-state index < -0.39 is 4.92 Å². The van der Waals surface area contributed by atoms with Gasteiger partial charge in [-0.2, -0.15) is 0 Å². The van der Waals surface area contributed by atoms with E-state index in [1.165, 1.54) is 24.3 Å². The summed E-state index contributed by atoms with van der Waals surface area (Å²) < 4.78 is 10.7. The van der Waals surface area contributed by atoms with Crippen molar-refractivity contribution in [1.29, 1.82) is 0 Å². The van der Waals surface area contributed by atoms with Crippen LogP contribution in [0.15, 0.2) is 24.3 Å². The molecule has 1 aliphatic carbocycles. The lowest BCUT2D eigenvalue weighted by Gasteiger charge is -2.27. The maximum atomic E-state index is 12.2. The fraction of sp³-hybridized carbons (Fsp3) is 0.556. The summed E-state index contributed by atoms with van der Waals surface area (Å²) in [4.78, 5) is 33.9. The lowest BCUT2D eigenvalue weighted by molar-refractivity contribution is -0.384. The molecule has 0 N–H and O–H groups in total. The van der Waals surface area contributed by atoms with Crippen molar-refractivity contribution in [2.24, 2.45) is 5.92 Å². The van der Waals surface area contributed by atoms with Crippen molar-refractivity contribution in [1.82, 2.24) is 0 Å². The fourth-order valence-electron chi connectivity index (χ4n) is 2.82. The number of nitro groups is 1. The number of hydrogen-bond acceptors (Lipinski definition) is 6. The van der Waals surface area contributed by atoms with E-state index in [0.717, 1.165) is 12.8 Å². The van der Waals surface area contributed by atoms with Gasteiger partial charge < -0.3 is 9.47 Å². The van der Waals surface area contributed by atoms with Gasteiger partial charge in [-0.05, 0) is 44.2 Å². The van der Waals surface area contributed by atoms with Crippen LogP contribution in [0.1, 0.15) is 51.9 Å². The van der Waals surface area contributed by atoms with Crippen LogP contribution in [-0.2, 0) is 14.3 Å². The van der Waals surface area contributed by atoms with Gasteiger partial charge in [0.25, 0.3) is 5.69 Å². The quantitative estimate of drug-likeness (QED) is 0.321. The largest absolute Gasteiger partial charge is 0.462 e. The van der Waals surface area contributed by atoms with Gasteiger partial charge in [0.2, 0.25) is 0 Å². The molecule has 1 saturated carbocycles. The fourth-order valence-corrected chi connectivity index (χ4v) is 2.82. The van der Waals surface area contributed by atoms with E-state index in [0.29, 0.717) is 37.9 Å². The molecule has 1 aliphatic rings. The van der Waals surface area contributed by atoms with Crippen molar-refractivity contribution in [2.45, 2.75) is 58.0 Å². The van der Waals surface area contributed by atoms with Crippen molar-refractivity contribution < 1.29 is 24.0 Å². The molecule has 7 nitrogen and oxygen atoms in total. The van der Waals surface area contributed by atoms with Crippen LogP contribution in [0, 0.1) is 16.0 Å². The van der Waals surface area contributed by atoms with E-state index >= 15 is 0 Å². The van der Waals surface area contributed by atoms with Crippen LogP contribution in [0.2, 0.25) is 0 Å². The number of hydrogen-bond donors (Lipinski definition) is 0. The molecule has 0 saturated heterocycles. The first kappa shape index (κ1) is 18.9. The number of esters is 2. The minimum absolute atomic E-state index is 0.0507. The first-order valence-corrected chi connectivity index (χ1v) is 8.65. The predicted octanol–water partition coefficient (Wildman–Crippen LogP) is 3.79. The summed E-state index contributed by atoms with van der Waals surface area (Å²) in [5.41, 5.74) is -0.0507. The molecule has 1 aromatic rings. The maximum absolute atomic E-state index is 12.2. The molecular formula is C18H23NO6.